The topological polar surface area (TPSA) is 179 Å². The van der Waals surface area contributed by atoms with Crippen molar-refractivity contribution in [3.05, 3.63) is 72.3 Å². The number of amides is 3. The van der Waals surface area contributed by atoms with Crippen molar-refractivity contribution in [2.45, 2.75) is 83.7 Å². The predicted molar refractivity (Wildman–Crippen MR) is 152 cm³/mol. The van der Waals surface area contributed by atoms with Crippen LogP contribution in [0.4, 0.5) is 4.79 Å². The third-order valence-electron chi connectivity index (χ3n) is 6.39. The van der Waals surface area contributed by atoms with Gasteiger partial charge in [0.05, 0.1) is 12.4 Å². The Balaban J connectivity index is 2.12. The Hall–Kier alpha value is -4.19. The fraction of sp³-hybridized carbons (Fsp3) is 0.483. The quantitative estimate of drug-likeness (QED) is 0.211. The number of nitrogens with two attached hydrogens (primary N) is 1. The van der Waals surface area contributed by atoms with E-state index in [0.717, 1.165) is 5.56 Å². The lowest BCUT2D eigenvalue weighted by Crippen LogP contribution is -2.61. The summed E-state index contributed by atoms with van der Waals surface area (Å²) in [7, 11) is 0. The minimum absolute atomic E-state index is 0.00646. The van der Waals surface area contributed by atoms with Crippen LogP contribution >= 0.6 is 0 Å². The van der Waals surface area contributed by atoms with Crippen molar-refractivity contribution in [2.24, 2.45) is 11.7 Å². The molecular formula is C29H41N7O5. The van der Waals surface area contributed by atoms with Gasteiger partial charge in [-0.1, -0.05) is 44.2 Å². The van der Waals surface area contributed by atoms with Gasteiger partial charge in [-0.3, -0.25) is 9.59 Å². The molecule has 3 aromatic rings. The first-order valence-corrected chi connectivity index (χ1v) is 13.6. The number of nitrogens with zero attached hydrogens (tertiary/aromatic N) is 3. The second kappa shape index (κ2) is 13.9. The van der Waals surface area contributed by atoms with Crippen LogP contribution in [0.5, 0.6) is 0 Å². The number of carbonyl (C=O) groups excluding carboxylic acids is 3. The lowest BCUT2D eigenvalue weighted by molar-refractivity contribution is -0.148. The fourth-order valence-electron chi connectivity index (χ4n) is 4.67. The average Bonchev–Trinajstić information content (AvgIpc) is 3.60. The highest BCUT2D eigenvalue weighted by molar-refractivity contribution is 5.91. The van der Waals surface area contributed by atoms with Gasteiger partial charge >= 0.3 is 6.09 Å². The lowest BCUT2D eigenvalue weighted by atomic mass is 9.92. The number of benzene rings is 1. The molecule has 4 atom stereocenters. The smallest absolute Gasteiger partial charge is 0.408 e. The van der Waals surface area contributed by atoms with E-state index in [-0.39, 0.29) is 24.6 Å². The molecule has 12 heteroatoms. The van der Waals surface area contributed by atoms with Crippen molar-refractivity contribution in [2.75, 3.05) is 0 Å². The largest absolute Gasteiger partial charge is 0.444 e. The molecule has 0 spiro atoms. The van der Waals surface area contributed by atoms with E-state index >= 15 is 0 Å². The van der Waals surface area contributed by atoms with E-state index in [1.165, 1.54) is 17.4 Å². The third kappa shape index (κ3) is 9.17. The van der Waals surface area contributed by atoms with E-state index in [1.54, 1.807) is 33.2 Å². The molecule has 41 heavy (non-hydrogen) atoms. The van der Waals surface area contributed by atoms with Gasteiger partial charge in [0.2, 0.25) is 11.8 Å². The van der Waals surface area contributed by atoms with Crippen LogP contribution in [-0.4, -0.2) is 71.6 Å². The average molecular weight is 568 g/mol. The maximum absolute atomic E-state index is 14.6. The summed E-state index contributed by atoms with van der Waals surface area (Å²) in [4.78, 5) is 56.0. The summed E-state index contributed by atoms with van der Waals surface area (Å²) in [5.41, 5.74) is 6.47. The first-order valence-electron chi connectivity index (χ1n) is 13.6. The Kier molecular flexibility index (Phi) is 10.6. The monoisotopic (exact) mass is 567 g/mol. The number of alkyl carbamates (subject to hydrolysis) is 1. The zero-order valence-corrected chi connectivity index (χ0v) is 24.2. The van der Waals surface area contributed by atoms with E-state index in [2.05, 4.69) is 25.3 Å². The summed E-state index contributed by atoms with van der Waals surface area (Å²) in [6, 6.07) is 5.92. The van der Waals surface area contributed by atoms with E-state index in [4.69, 9.17) is 10.5 Å². The van der Waals surface area contributed by atoms with Crippen LogP contribution in [0.2, 0.25) is 0 Å². The van der Waals surface area contributed by atoms with Gasteiger partial charge in [0.15, 0.2) is 0 Å². The molecule has 0 radical (unpaired) electrons. The second-order valence-electron chi connectivity index (χ2n) is 11.4. The molecule has 3 amide bonds. The van der Waals surface area contributed by atoms with Gasteiger partial charge in [-0.15, -0.1) is 0 Å². The van der Waals surface area contributed by atoms with Crippen molar-refractivity contribution in [1.29, 1.82) is 0 Å². The molecule has 0 aliphatic carbocycles. The summed E-state index contributed by atoms with van der Waals surface area (Å²) < 4.78 is 5.47. The normalized spacial score (nSPS) is 14.6. The summed E-state index contributed by atoms with van der Waals surface area (Å²) in [5.74, 6) is -1.13. The third-order valence-corrected chi connectivity index (χ3v) is 6.39. The Morgan fingerprint density at radius 3 is 2.37 bits per heavy atom. The number of H-pyrrole nitrogens is 2. The molecule has 1 aromatic carbocycles. The molecule has 0 fully saturated rings. The lowest BCUT2D eigenvalue weighted by Gasteiger charge is -2.41. The van der Waals surface area contributed by atoms with Crippen molar-refractivity contribution in [3.8, 4) is 0 Å². The summed E-state index contributed by atoms with van der Waals surface area (Å²) in [6.07, 6.45) is 4.43. The molecule has 3 rings (SSSR count). The summed E-state index contributed by atoms with van der Waals surface area (Å²) >= 11 is 0. The number of rotatable bonds is 13. The van der Waals surface area contributed by atoms with Crippen LogP contribution in [0.1, 0.15) is 64.2 Å². The van der Waals surface area contributed by atoms with Crippen molar-refractivity contribution < 1.29 is 24.2 Å². The van der Waals surface area contributed by atoms with E-state index < -0.39 is 47.7 Å². The molecule has 1 unspecified atom stereocenters. The minimum atomic E-state index is -1.28. The molecule has 0 aliphatic heterocycles. The number of imidazole rings is 2. The second-order valence-corrected chi connectivity index (χ2v) is 11.4. The molecule has 0 saturated carbocycles. The number of aliphatic hydroxyl groups is 1. The van der Waals surface area contributed by atoms with Crippen LogP contribution < -0.4 is 11.1 Å². The molecule has 0 bridgehead atoms. The van der Waals surface area contributed by atoms with Crippen molar-refractivity contribution >= 4 is 17.9 Å². The highest BCUT2D eigenvalue weighted by Crippen LogP contribution is 2.28. The first-order chi connectivity index (χ1) is 19.4. The Bertz CT molecular complexity index is 1240. The number of nitrogens with one attached hydrogen (secondary N) is 3. The molecule has 12 nitrogen and oxygen atoms in total. The minimum Gasteiger partial charge on any atom is -0.444 e. The van der Waals surface area contributed by atoms with E-state index in [0.29, 0.717) is 12.1 Å². The summed E-state index contributed by atoms with van der Waals surface area (Å²) in [5, 5.41) is 14.2. The molecule has 2 aromatic heterocycles. The first kappa shape index (κ1) is 31.3. The molecular weight excluding hydrogens is 526 g/mol. The predicted octanol–water partition coefficient (Wildman–Crippen LogP) is 2.64. The fourth-order valence-corrected chi connectivity index (χ4v) is 4.67. The Morgan fingerprint density at radius 2 is 1.83 bits per heavy atom. The van der Waals surface area contributed by atoms with Gasteiger partial charge in [-0.25, -0.2) is 14.8 Å². The number of ether oxygens (including phenoxy) is 1. The van der Waals surface area contributed by atoms with Crippen molar-refractivity contribution in [3.63, 3.8) is 0 Å². The highest BCUT2D eigenvalue weighted by atomic mass is 16.6. The molecule has 222 valence electrons. The molecule has 0 aliphatic rings. The molecule has 2 heterocycles. The number of primary amides is 1. The van der Waals surface area contributed by atoms with Crippen LogP contribution in [-0.2, 0) is 27.2 Å². The van der Waals surface area contributed by atoms with Crippen LogP contribution in [0.25, 0.3) is 0 Å². The van der Waals surface area contributed by atoms with Gasteiger partial charge in [0.25, 0.3) is 0 Å². The number of aromatic nitrogens is 4. The SMILES string of the molecule is CC(C)CC([C@H](O)c1ncc[nH]1)N(C(=O)[C@H](Cc1ccccc1)NC(=O)OC(C)(C)C)[C@@H](Cc1cnc[nH]1)C(N)=O. The van der Waals surface area contributed by atoms with E-state index in [9.17, 15) is 19.5 Å². The number of aromatic amines is 2. The zero-order valence-electron chi connectivity index (χ0n) is 24.2. The van der Waals surface area contributed by atoms with Gasteiger partial charge < -0.3 is 35.8 Å². The summed E-state index contributed by atoms with van der Waals surface area (Å²) in [6.45, 7) is 9.05. The zero-order chi connectivity index (χ0) is 30.2. The molecule has 0 saturated heterocycles. The number of hydrogen-bond acceptors (Lipinski definition) is 7. The Morgan fingerprint density at radius 1 is 1.12 bits per heavy atom. The maximum atomic E-state index is 14.6. The van der Waals surface area contributed by atoms with E-state index in [1.807, 2.05) is 44.2 Å². The van der Waals surface area contributed by atoms with Crippen LogP contribution in [0.15, 0.2) is 55.2 Å². The number of carbonyl (C=O) groups is 3. The standard InChI is InChI=1S/C29H41N7O5/c1-18(2)13-22(24(37)26-32-11-12-33-26)36(23(25(30)38)15-20-16-31-17-34-20)27(39)21(14-19-9-7-6-8-10-19)35-28(40)41-29(3,4)5/h6-12,16-18,21-24,37H,13-15H2,1-5H3,(H2,30,38)(H,31,34)(H,32,33)(H,35,40)/t21-,22?,23-,24-/m0/s1. The van der Waals surface area contributed by atoms with Crippen LogP contribution in [0, 0.1) is 5.92 Å². The van der Waals surface area contributed by atoms with Gasteiger partial charge in [0, 0.05) is 37.1 Å². The number of aliphatic hydroxyl groups excluding tert-OH is 1. The number of hydrogen-bond donors (Lipinski definition) is 5. The van der Waals surface area contributed by atoms with Gasteiger partial charge in [-0.05, 0) is 38.7 Å². The van der Waals surface area contributed by atoms with Gasteiger partial charge in [0.1, 0.15) is 29.6 Å². The maximum Gasteiger partial charge on any atom is 0.408 e. The highest BCUT2D eigenvalue weighted by Gasteiger charge is 2.42. The Labute approximate surface area is 240 Å². The van der Waals surface area contributed by atoms with Crippen LogP contribution in [0.3, 0.4) is 0 Å². The van der Waals surface area contributed by atoms with Gasteiger partial charge in [-0.2, -0.15) is 0 Å². The molecule has 6 N–H and O–H groups in total. The van der Waals surface area contributed by atoms with Crippen molar-refractivity contribution in [1.82, 2.24) is 30.2 Å².